The lowest BCUT2D eigenvalue weighted by Crippen LogP contribution is -2.65. The van der Waals surface area contributed by atoms with Crippen molar-refractivity contribution in [3.63, 3.8) is 0 Å². The standard InChI is InChI=1S/C76H135NO13/c1-3-5-7-9-11-13-15-17-19-20-21-22-23-24-25-26-27-28-29-30-31-32-33-34-35-36-37-38-39-40-41-42-43-44-46-48-50-52-54-56-58-60-68(81)77-64(65(80)59-57-55-53-51-49-47-45-18-16-14-12-10-8-6-4-2)63-87-75-73(86)71(84)74(67(62-79)89-75)90-76-72(85)70(83)69(82)66(61-78)88-76/h5,7,11,13,17,19,21-22,24-25,49,51,57,59,64-67,69-76,78-80,82-86H,3-4,6,8-10,12,14-16,18,20,23,26-48,50,52-56,58,60-63H2,1-2H3,(H,77,81)/b7-5-,13-11-,19-17-,22-21-,25-24-,51-49+,59-57+. The van der Waals surface area contributed by atoms with Gasteiger partial charge in [0.15, 0.2) is 12.6 Å². The molecule has 0 aromatic carbocycles. The quantitative estimate of drug-likeness (QED) is 0.0204. The van der Waals surface area contributed by atoms with Crippen LogP contribution in [-0.2, 0) is 23.7 Å². The zero-order valence-electron chi connectivity index (χ0n) is 56.9. The van der Waals surface area contributed by atoms with Crippen LogP contribution >= 0.6 is 0 Å². The summed E-state index contributed by atoms with van der Waals surface area (Å²) in [5.74, 6) is -0.246. The number of hydrogen-bond donors (Lipinski definition) is 9. The zero-order chi connectivity index (χ0) is 65.2. The number of carbonyl (C=O) groups excluding carboxylic acids is 1. The first kappa shape index (κ1) is 83.3. The van der Waals surface area contributed by atoms with Crippen molar-refractivity contribution in [3.8, 4) is 0 Å². The van der Waals surface area contributed by atoms with E-state index in [-0.39, 0.29) is 18.9 Å². The van der Waals surface area contributed by atoms with Crippen LogP contribution in [0.3, 0.4) is 0 Å². The van der Waals surface area contributed by atoms with E-state index in [2.05, 4.69) is 92.1 Å². The Hall–Kier alpha value is -2.83. The number of unbranched alkanes of at least 4 members (excludes halogenated alkanes) is 35. The fraction of sp³-hybridized carbons (Fsp3) is 0.803. The number of ether oxygens (including phenoxy) is 4. The maximum absolute atomic E-state index is 13.3. The summed E-state index contributed by atoms with van der Waals surface area (Å²) in [5, 5.41) is 87.3. The first-order valence-corrected chi connectivity index (χ1v) is 36.8. The molecule has 2 aliphatic heterocycles. The molecular weight excluding hydrogens is 1130 g/mol. The minimum atomic E-state index is -1.79. The Morgan fingerprint density at radius 3 is 1.22 bits per heavy atom. The summed E-state index contributed by atoms with van der Waals surface area (Å²) in [4.78, 5) is 13.3. The van der Waals surface area contributed by atoms with Gasteiger partial charge in [0, 0.05) is 6.42 Å². The molecule has 14 nitrogen and oxygen atoms in total. The van der Waals surface area contributed by atoms with E-state index in [9.17, 15) is 45.6 Å². The van der Waals surface area contributed by atoms with E-state index in [1.807, 2.05) is 6.08 Å². The first-order chi connectivity index (χ1) is 44.1. The minimum absolute atomic E-state index is 0.246. The van der Waals surface area contributed by atoms with Crippen LogP contribution in [0, 0.1) is 0 Å². The molecule has 0 aromatic heterocycles. The monoisotopic (exact) mass is 1270 g/mol. The average Bonchev–Trinajstić information content (AvgIpc) is 1.58. The molecule has 12 atom stereocenters. The highest BCUT2D eigenvalue weighted by molar-refractivity contribution is 5.76. The number of rotatable bonds is 60. The largest absolute Gasteiger partial charge is 0.394 e. The number of nitrogens with one attached hydrogen (secondary N) is 1. The minimum Gasteiger partial charge on any atom is -0.394 e. The second-order valence-electron chi connectivity index (χ2n) is 25.7. The van der Waals surface area contributed by atoms with Gasteiger partial charge in [-0.2, -0.15) is 0 Å². The predicted octanol–water partition coefficient (Wildman–Crippen LogP) is 15.6. The van der Waals surface area contributed by atoms with E-state index in [0.29, 0.717) is 12.8 Å². The number of aliphatic hydroxyl groups excluding tert-OH is 8. The van der Waals surface area contributed by atoms with Crippen molar-refractivity contribution >= 4 is 5.91 Å². The van der Waals surface area contributed by atoms with E-state index < -0.39 is 86.8 Å². The van der Waals surface area contributed by atoms with Crippen molar-refractivity contribution in [2.24, 2.45) is 0 Å². The summed E-state index contributed by atoms with van der Waals surface area (Å²) in [7, 11) is 0. The van der Waals surface area contributed by atoms with Crippen molar-refractivity contribution < 1.29 is 64.6 Å². The SMILES string of the molecule is CC/C=C\C/C=C\C/C=C\C/C=C\C/C=C\CCCCCCCCCCCCCCCCCCCCCCCCCCCC(=O)NC(COC1OC(CO)C(OC2OC(CO)C(O)C(O)C2O)C(O)C1O)C(O)/C=C/CC/C=C/CCCCCCCCCCC. The highest BCUT2D eigenvalue weighted by Crippen LogP contribution is 2.30. The van der Waals surface area contributed by atoms with Gasteiger partial charge in [-0.25, -0.2) is 0 Å². The van der Waals surface area contributed by atoms with Gasteiger partial charge in [0.1, 0.15) is 48.8 Å². The van der Waals surface area contributed by atoms with Gasteiger partial charge in [-0.1, -0.05) is 298 Å². The van der Waals surface area contributed by atoms with Gasteiger partial charge in [-0.05, 0) is 77.0 Å². The van der Waals surface area contributed by atoms with Crippen LogP contribution in [0.2, 0.25) is 0 Å². The van der Waals surface area contributed by atoms with Crippen molar-refractivity contribution in [2.75, 3.05) is 19.8 Å². The molecule has 0 saturated carbocycles. The third-order valence-electron chi connectivity index (χ3n) is 17.6. The smallest absolute Gasteiger partial charge is 0.220 e. The Labute approximate surface area is 548 Å². The molecule has 0 aromatic rings. The topological polar surface area (TPSA) is 228 Å². The number of amides is 1. The molecule has 2 fully saturated rings. The Balaban J connectivity index is 1.55. The van der Waals surface area contributed by atoms with Gasteiger partial charge >= 0.3 is 0 Å². The molecule has 0 aliphatic carbocycles. The van der Waals surface area contributed by atoms with Gasteiger partial charge in [0.2, 0.25) is 5.91 Å². The van der Waals surface area contributed by atoms with E-state index in [1.165, 1.54) is 199 Å². The van der Waals surface area contributed by atoms with Crippen LogP contribution in [0.1, 0.15) is 296 Å². The third-order valence-corrected chi connectivity index (χ3v) is 17.6. The Bertz CT molecular complexity index is 1830. The molecule has 14 heteroatoms. The van der Waals surface area contributed by atoms with E-state index in [4.69, 9.17) is 18.9 Å². The number of carbonyl (C=O) groups is 1. The van der Waals surface area contributed by atoms with Crippen molar-refractivity contribution in [3.05, 3.63) is 85.1 Å². The van der Waals surface area contributed by atoms with E-state index in [0.717, 1.165) is 64.2 Å². The van der Waals surface area contributed by atoms with Crippen LogP contribution in [0.5, 0.6) is 0 Å². The van der Waals surface area contributed by atoms with Crippen molar-refractivity contribution in [1.82, 2.24) is 5.32 Å². The lowest BCUT2D eigenvalue weighted by Gasteiger charge is -2.46. The summed E-state index contributed by atoms with van der Waals surface area (Å²) < 4.78 is 22.8. The van der Waals surface area contributed by atoms with Gasteiger partial charge in [-0.3, -0.25) is 4.79 Å². The molecule has 522 valence electrons. The lowest BCUT2D eigenvalue weighted by atomic mass is 9.97. The van der Waals surface area contributed by atoms with Crippen molar-refractivity contribution in [2.45, 2.75) is 370 Å². The molecular formula is C76H135NO13. The number of aliphatic hydroxyl groups is 8. The fourth-order valence-electron chi connectivity index (χ4n) is 11.7. The fourth-order valence-corrected chi connectivity index (χ4v) is 11.7. The van der Waals surface area contributed by atoms with Crippen LogP contribution < -0.4 is 5.32 Å². The van der Waals surface area contributed by atoms with Crippen molar-refractivity contribution in [1.29, 1.82) is 0 Å². The van der Waals surface area contributed by atoms with Gasteiger partial charge in [-0.15, -0.1) is 0 Å². The molecule has 9 N–H and O–H groups in total. The third kappa shape index (κ3) is 43.2. The zero-order valence-corrected chi connectivity index (χ0v) is 56.9. The average molecular weight is 1270 g/mol. The summed E-state index contributed by atoms with van der Waals surface area (Å²) in [5.41, 5.74) is 0. The molecule has 2 saturated heterocycles. The summed E-state index contributed by atoms with van der Waals surface area (Å²) >= 11 is 0. The summed E-state index contributed by atoms with van der Waals surface area (Å²) in [6.07, 6.45) is 66.7. The Kier molecular flexibility index (Phi) is 55.4. The molecule has 2 aliphatic rings. The Morgan fingerprint density at radius 1 is 0.411 bits per heavy atom. The van der Waals surface area contributed by atoms with Gasteiger partial charge < -0.3 is 65.1 Å². The number of hydrogen-bond acceptors (Lipinski definition) is 13. The molecule has 1 amide bonds. The van der Waals surface area contributed by atoms with Crippen LogP contribution in [0.15, 0.2) is 85.1 Å². The molecule has 0 radical (unpaired) electrons. The molecule has 0 spiro atoms. The maximum atomic E-state index is 13.3. The predicted molar refractivity (Wildman–Crippen MR) is 369 cm³/mol. The molecule has 0 bridgehead atoms. The second-order valence-corrected chi connectivity index (χ2v) is 25.7. The van der Waals surface area contributed by atoms with Crippen LogP contribution in [-0.4, -0.2) is 140 Å². The second kappa shape index (κ2) is 59.9. The molecule has 2 rings (SSSR count). The van der Waals surface area contributed by atoms with E-state index >= 15 is 0 Å². The van der Waals surface area contributed by atoms with Gasteiger partial charge in [0.05, 0.1) is 32.0 Å². The summed E-state index contributed by atoms with van der Waals surface area (Å²) in [6.45, 7) is 2.68. The molecule has 2 heterocycles. The summed E-state index contributed by atoms with van der Waals surface area (Å²) in [6, 6.07) is -0.932. The normalized spacial score (nSPS) is 23.4. The van der Waals surface area contributed by atoms with E-state index in [1.54, 1.807) is 6.08 Å². The van der Waals surface area contributed by atoms with Crippen LogP contribution in [0.4, 0.5) is 0 Å². The van der Waals surface area contributed by atoms with Gasteiger partial charge in [0.25, 0.3) is 0 Å². The maximum Gasteiger partial charge on any atom is 0.220 e. The number of allylic oxidation sites excluding steroid dienone is 13. The lowest BCUT2D eigenvalue weighted by molar-refractivity contribution is -0.359. The Morgan fingerprint density at radius 2 is 0.778 bits per heavy atom. The van der Waals surface area contributed by atoms with Crippen LogP contribution in [0.25, 0.3) is 0 Å². The molecule has 12 unspecified atom stereocenters. The highest BCUT2D eigenvalue weighted by atomic mass is 16.7. The first-order valence-electron chi connectivity index (χ1n) is 36.8. The molecule has 90 heavy (non-hydrogen) atoms. The highest BCUT2D eigenvalue weighted by Gasteiger charge is 2.51.